The van der Waals surface area contributed by atoms with Gasteiger partial charge in [0.1, 0.15) is 0 Å². The van der Waals surface area contributed by atoms with Gasteiger partial charge in [-0.2, -0.15) is 0 Å². The Balaban J connectivity index is 4.07. The summed E-state index contributed by atoms with van der Waals surface area (Å²) in [6.07, 6.45) is 0.434. The standard InChI is InChI=1S/C6H12N2O5S/c1-14(12,13)8-6(11)4(7)2-3-5(9)10/h4H,2-3,7H2,1H3,(H,8,11)(H,9,10)/t4-/m0/s1. The molecule has 14 heavy (non-hydrogen) atoms. The van der Waals surface area contributed by atoms with Crippen molar-refractivity contribution in [3.63, 3.8) is 0 Å². The van der Waals surface area contributed by atoms with Gasteiger partial charge in [-0.1, -0.05) is 0 Å². The largest absolute Gasteiger partial charge is 0.481 e. The van der Waals surface area contributed by atoms with Crippen molar-refractivity contribution in [3.8, 4) is 0 Å². The molecule has 0 aliphatic rings. The van der Waals surface area contributed by atoms with Gasteiger partial charge in [0.15, 0.2) is 0 Å². The average molecular weight is 224 g/mol. The van der Waals surface area contributed by atoms with E-state index < -0.39 is 27.9 Å². The smallest absolute Gasteiger partial charge is 0.303 e. The summed E-state index contributed by atoms with van der Waals surface area (Å²) in [5.74, 6) is -1.98. The van der Waals surface area contributed by atoms with Crippen molar-refractivity contribution < 1.29 is 23.1 Å². The van der Waals surface area contributed by atoms with Crippen LogP contribution in [-0.4, -0.2) is 37.7 Å². The lowest BCUT2D eigenvalue weighted by Gasteiger charge is -2.09. The highest BCUT2D eigenvalue weighted by Crippen LogP contribution is 1.95. The molecule has 1 atom stereocenters. The number of rotatable bonds is 5. The van der Waals surface area contributed by atoms with Crippen molar-refractivity contribution in [1.29, 1.82) is 0 Å². The van der Waals surface area contributed by atoms with Gasteiger partial charge in [-0.25, -0.2) is 8.42 Å². The topological polar surface area (TPSA) is 127 Å². The van der Waals surface area contributed by atoms with Crippen LogP contribution in [0.3, 0.4) is 0 Å². The Kier molecular flexibility index (Phi) is 4.51. The summed E-state index contributed by atoms with van der Waals surface area (Å²) in [5, 5.41) is 8.27. The Hall–Kier alpha value is -1.15. The lowest BCUT2D eigenvalue weighted by atomic mass is 10.1. The molecule has 7 nitrogen and oxygen atoms in total. The molecule has 0 unspecified atom stereocenters. The number of hydrogen-bond acceptors (Lipinski definition) is 5. The fourth-order valence-corrected chi connectivity index (χ4v) is 1.19. The van der Waals surface area contributed by atoms with Crippen LogP contribution >= 0.6 is 0 Å². The van der Waals surface area contributed by atoms with E-state index in [0.717, 1.165) is 6.26 Å². The van der Waals surface area contributed by atoms with Crippen LogP contribution in [-0.2, 0) is 19.6 Å². The molecule has 4 N–H and O–H groups in total. The third-order valence-electron chi connectivity index (χ3n) is 1.29. The normalized spacial score (nSPS) is 13.3. The fraction of sp³-hybridized carbons (Fsp3) is 0.667. The second-order valence-corrected chi connectivity index (χ2v) is 4.53. The molecular formula is C6H12N2O5S. The first-order chi connectivity index (χ1) is 6.22. The molecule has 0 aromatic carbocycles. The van der Waals surface area contributed by atoms with E-state index in [1.165, 1.54) is 0 Å². The Morgan fingerprint density at radius 2 is 2.00 bits per heavy atom. The summed E-state index contributed by atoms with van der Waals surface area (Å²) >= 11 is 0. The quantitative estimate of drug-likeness (QED) is 0.508. The second kappa shape index (κ2) is 4.91. The number of hydrogen-bond donors (Lipinski definition) is 3. The van der Waals surface area contributed by atoms with E-state index in [2.05, 4.69) is 0 Å². The number of carboxylic acids is 1. The van der Waals surface area contributed by atoms with E-state index in [4.69, 9.17) is 10.8 Å². The fourth-order valence-electron chi connectivity index (χ4n) is 0.668. The molecule has 0 bridgehead atoms. The number of carboxylic acid groups (broad SMARTS) is 1. The van der Waals surface area contributed by atoms with Crippen molar-refractivity contribution >= 4 is 21.9 Å². The zero-order valence-electron chi connectivity index (χ0n) is 7.56. The summed E-state index contributed by atoms with van der Waals surface area (Å²) in [6.45, 7) is 0. The highest BCUT2D eigenvalue weighted by molar-refractivity contribution is 7.89. The van der Waals surface area contributed by atoms with Crippen molar-refractivity contribution in [3.05, 3.63) is 0 Å². The highest BCUT2D eigenvalue weighted by Gasteiger charge is 2.17. The molecule has 0 rings (SSSR count). The van der Waals surface area contributed by atoms with Gasteiger partial charge in [-0.3, -0.25) is 14.3 Å². The van der Waals surface area contributed by atoms with E-state index in [-0.39, 0.29) is 12.8 Å². The van der Waals surface area contributed by atoms with Crippen LogP contribution in [0.5, 0.6) is 0 Å². The van der Waals surface area contributed by atoms with Gasteiger partial charge in [0.05, 0.1) is 12.3 Å². The number of carbonyl (C=O) groups is 2. The molecular weight excluding hydrogens is 212 g/mol. The molecule has 0 saturated heterocycles. The summed E-state index contributed by atoms with van der Waals surface area (Å²) in [5.41, 5.74) is 5.23. The average Bonchev–Trinajstić information content (AvgIpc) is 1.96. The SMILES string of the molecule is CS(=O)(=O)NC(=O)[C@@H](N)CCC(=O)O. The first-order valence-corrected chi connectivity index (χ1v) is 5.60. The molecule has 0 spiro atoms. The van der Waals surface area contributed by atoms with Gasteiger partial charge < -0.3 is 10.8 Å². The number of sulfonamides is 1. The monoisotopic (exact) mass is 224 g/mol. The van der Waals surface area contributed by atoms with Crippen molar-refractivity contribution in [2.45, 2.75) is 18.9 Å². The minimum Gasteiger partial charge on any atom is -0.481 e. The van der Waals surface area contributed by atoms with E-state index >= 15 is 0 Å². The Bertz CT molecular complexity index is 323. The molecule has 0 saturated carbocycles. The van der Waals surface area contributed by atoms with Crippen LogP contribution in [0.2, 0.25) is 0 Å². The maximum atomic E-state index is 11.0. The molecule has 0 aliphatic carbocycles. The first kappa shape index (κ1) is 12.8. The Morgan fingerprint density at radius 3 is 2.36 bits per heavy atom. The van der Waals surface area contributed by atoms with E-state index in [1.807, 2.05) is 0 Å². The molecule has 8 heteroatoms. The highest BCUT2D eigenvalue weighted by atomic mass is 32.2. The van der Waals surface area contributed by atoms with Crippen molar-refractivity contribution in [1.82, 2.24) is 4.72 Å². The van der Waals surface area contributed by atoms with Crippen LogP contribution < -0.4 is 10.5 Å². The van der Waals surface area contributed by atoms with Crippen LogP contribution in [0.25, 0.3) is 0 Å². The lowest BCUT2D eigenvalue weighted by Crippen LogP contribution is -2.43. The van der Waals surface area contributed by atoms with E-state index in [9.17, 15) is 18.0 Å². The number of aliphatic carboxylic acids is 1. The molecule has 0 aromatic heterocycles. The summed E-state index contributed by atoms with van der Waals surface area (Å²) in [7, 11) is -3.63. The Morgan fingerprint density at radius 1 is 1.50 bits per heavy atom. The minimum absolute atomic E-state index is 0.101. The number of nitrogens with one attached hydrogen (secondary N) is 1. The van der Waals surface area contributed by atoms with Gasteiger partial charge >= 0.3 is 5.97 Å². The van der Waals surface area contributed by atoms with Gasteiger partial charge in [0.25, 0.3) is 0 Å². The zero-order chi connectivity index (χ0) is 11.4. The van der Waals surface area contributed by atoms with Crippen LogP contribution in [0.1, 0.15) is 12.8 Å². The van der Waals surface area contributed by atoms with E-state index in [1.54, 1.807) is 4.72 Å². The summed E-state index contributed by atoms with van der Waals surface area (Å²) in [4.78, 5) is 21.1. The Labute approximate surface area is 81.3 Å². The maximum absolute atomic E-state index is 11.0. The van der Waals surface area contributed by atoms with Crippen LogP contribution in [0.15, 0.2) is 0 Å². The third kappa shape index (κ3) is 6.38. The predicted molar refractivity (Wildman–Crippen MR) is 47.8 cm³/mol. The number of nitrogens with two attached hydrogens (primary N) is 1. The van der Waals surface area contributed by atoms with Gasteiger partial charge in [-0.15, -0.1) is 0 Å². The lowest BCUT2D eigenvalue weighted by molar-refractivity contribution is -0.137. The van der Waals surface area contributed by atoms with Gasteiger partial charge in [0.2, 0.25) is 15.9 Å². The van der Waals surface area contributed by atoms with Gasteiger partial charge in [0, 0.05) is 6.42 Å². The molecule has 0 aromatic rings. The summed E-state index contributed by atoms with van der Waals surface area (Å²) < 4.78 is 22.8. The van der Waals surface area contributed by atoms with Crippen molar-refractivity contribution in [2.24, 2.45) is 5.73 Å². The number of carbonyl (C=O) groups excluding carboxylic acids is 1. The molecule has 0 aliphatic heterocycles. The first-order valence-electron chi connectivity index (χ1n) is 3.71. The molecule has 82 valence electrons. The maximum Gasteiger partial charge on any atom is 0.303 e. The molecule has 1 amide bonds. The minimum atomic E-state index is -3.63. The second-order valence-electron chi connectivity index (χ2n) is 2.78. The third-order valence-corrected chi connectivity index (χ3v) is 1.86. The van der Waals surface area contributed by atoms with Gasteiger partial charge in [-0.05, 0) is 6.42 Å². The predicted octanol–water partition coefficient (Wildman–Crippen LogP) is -1.75. The van der Waals surface area contributed by atoms with Crippen molar-refractivity contribution in [2.75, 3.05) is 6.26 Å². The van der Waals surface area contributed by atoms with Crippen LogP contribution in [0.4, 0.5) is 0 Å². The molecule has 0 radical (unpaired) electrons. The van der Waals surface area contributed by atoms with E-state index in [0.29, 0.717) is 0 Å². The zero-order valence-corrected chi connectivity index (χ0v) is 8.37. The number of amides is 1. The summed E-state index contributed by atoms with van der Waals surface area (Å²) in [6, 6.07) is -1.12. The molecule has 0 heterocycles. The van der Waals surface area contributed by atoms with Crippen LogP contribution in [0, 0.1) is 0 Å². The molecule has 0 fully saturated rings.